The number of hydrogen-bond donors (Lipinski definition) is 0. The second-order valence-corrected chi connectivity index (χ2v) is 4.60. The minimum Gasteiger partial charge on any atom is -0.340 e. The number of piperazine rings is 1. The van der Waals surface area contributed by atoms with Gasteiger partial charge in [-0.1, -0.05) is 37.3 Å². The molecule has 1 aliphatic heterocycles. The number of benzene rings is 1. The summed E-state index contributed by atoms with van der Waals surface area (Å²) in [6.07, 6.45) is 0.602. The van der Waals surface area contributed by atoms with Crippen LogP contribution in [0.1, 0.15) is 24.9 Å². The first kappa shape index (κ1) is 12.1. The van der Waals surface area contributed by atoms with Gasteiger partial charge in [0.25, 0.3) is 0 Å². The molecule has 1 aromatic rings. The quantitative estimate of drug-likeness (QED) is 0.777. The van der Waals surface area contributed by atoms with Gasteiger partial charge in [0.2, 0.25) is 5.91 Å². The van der Waals surface area contributed by atoms with Crippen LogP contribution in [0, 0.1) is 0 Å². The van der Waals surface area contributed by atoms with Gasteiger partial charge in [-0.2, -0.15) is 0 Å². The van der Waals surface area contributed by atoms with E-state index in [0.29, 0.717) is 12.5 Å². The van der Waals surface area contributed by atoms with Crippen LogP contribution in [0.5, 0.6) is 0 Å². The highest BCUT2D eigenvalue weighted by Gasteiger charge is 2.27. The van der Waals surface area contributed by atoms with Gasteiger partial charge in [-0.25, -0.2) is 0 Å². The first-order valence-corrected chi connectivity index (χ1v) is 6.25. The van der Waals surface area contributed by atoms with Gasteiger partial charge in [-0.3, -0.25) is 9.69 Å². The Bertz CT molecular complexity index is 377. The fourth-order valence-corrected chi connectivity index (χ4v) is 2.36. The largest absolute Gasteiger partial charge is 0.340 e. The smallest absolute Gasteiger partial charge is 0.222 e. The molecule has 3 heteroatoms. The van der Waals surface area contributed by atoms with Crippen LogP contribution >= 0.6 is 0 Å². The molecule has 0 unspecified atom stereocenters. The number of nitrogens with zero attached hydrogens (tertiary/aromatic N) is 2. The molecule has 1 aliphatic rings. The molecule has 1 saturated heterocycles. The lowest BCUT2D eigenvalue weighted by atomic mass is 10.0. The number of likely N-dealkylation sites (N-methyl/N-ethyl adjacent to an activating group) is 1. The van der Waals surface area contributed by atoms with Crippen molar-refractivity contribution in [2.75, 3.05) is 26.7 Å². The van der Waals surface area contributed by atoms with E-state index >= 15 is 0 Å². The van der Waals surface area contributed by atoms with Crippen molar-refractivity contribution in [3.05, 3.63) is 35.9 Å². The molecular formula is C14H20N2O. The van der Waals surface area contributed by atoms with Gasteiger partial charge in [0.15, 0.2) is 0 Å². The highest BCUT2D eigenvalue weighted by Crippen LogP contribution is 2.23. The number of rotatable bonds is 2. The standard InChI is InChI=1S/C14H20N2O/c1-3-14(17)16-10-9-15(2)13(11-16)12-7-5-4-6-8-12/h4-8,13H,3,9-11H2,1-2H3/t13-/m1/s1. The van der Waals surface area contributed by atoms with Crippen molar-refractivity contribution in [2.45, 2.75) is 19.4 Å². The van der Waals surface area contributed by atoms with Crippen molar-refractivity contribution in [3.8, 4) is 0 Å². The predicted molar refractivity (Wildman–Crippen MR) is 68.7 cm³/mol. The molecule has 0 bridgehead atoms. The maximum Gasteiger partial charge on any atom is 0.222 e. The van der Waals surface area contributed by atoms with Crippen LogP contribution in [-0.2, 0) is 4.79 Å². The minimum atomic E-state index is 0.263. The van der Waals surface area contributed by atoms with E-state index in [1.54, 1.807) is 0 Å². The average molecular weight is 232 g/mol. The summed E-state index contributed by atoms with van der Waals surface area (Å²) in [7, 11) is 2.13. The second-order valence-electron chi connectivity index (χ2n) is 4.60. The molecule has 1 fully saturated rings. The highest BCUT2D eigenvalue weighted by molar-refractivity contribution is 5.76. The fourth-order valence-electron chi connectivity index (χ4n) is 2.36. The maximum absolute atomic E-state index is 11.8. The molecule has 0 radical (unpaired) electrons. The Labute approximate surface area is 103 Å². The Morgan fingerprint density at radius 1 is 1.29 bits per heavy atom. The van der Waals surface area contributed by atoms with E-state index in [0.717, 1.165) is 19.6 Å². The Morgan fingerprint density at radius 2 is 2.00 bits per heavy atom. The summed E-state index contributed by atoms with van der Waals surface area (Å²) in [4.78, 5) is 16.1. The van der Waals surface area contributed by atoms with Gasteiger partial charge in [0.1, 0.15) is 0 Å². The van der Waals surface area contributed by atoms with Gasteiger partial charge in [-0.05, 0) is 12.6 Å². The summed E-state index contributed by atoms with van der Waals surface area (Å²) in [5, 5.41) is 0. The zero-order valence-electron chi connectivity index (χ0n) is 10.6. The van der Waals surface area contributed by atoms with E-state index in [-0.39, 0.29) is 5.91 Å². The molecule has 3 nitrogen and oxygen atoms in total. The zero-order valence-corrected chi connectivity index (χ0v) is 10.6. The van der Waals surface area contributed by atoms with Gasteiger partial charge >= 0.3 is 0 Å². The number of amides is 1. The van der Waals surface area contributed by atoms with E-state index in [9.17, 15) is 4.79 Å². The van der Waals surface area contributed by atoms with Crippen LogP contribution in [0.4, 0.5) is 0 Å². The summed E-state index contributed by atoms with van der Waals surface area (Å²) in [6.45, 7) is 4.54. The lowest BCUT2D eigenvalue weighted by Crippen LogP contribution is -2.48. The highest BCUT2D eigenvalue weighted by atomic mass is 16.2. The SMILES string of the molecule is CCC(=O)N1CCN(C)[C@@H](c2ccccc2)C1. The predicted octanol–water partition coefficient (Wildman–Crippen LogP) is 1.91. The molecule has 0 spiro atoms. The van der Waals surface area contributed by atoms with E-state index in [1.807, 2.05) is 17.9 Å². The molecule has 17 heavy (non-hydrogen) atoms. The molecule has 1 atom stereocenters. The molecule has 0 aliphatic carbocycles. The molecule has 0 saturated carbocycles. The van der Waals surface area contributed by atoms with E-state index in [1.165, 1.54) is 5.56 Å². The Morgan fingerprint density at radius 3 is 2.65 bits per heavy atom. The number of carbonyl (C=O) groups is 1. The van der Waals surface area contributed by atoms with E-state index < -0.39 is 0 Å². The number of hydrogen-bond acceptors (Lipinski definition) is 2. The van der Waals surface area contributed by atoms with Crippen molar-refractivity contribution < 1.29 is 4.79 Å². The summed E-state index contributed by atoms with van der Waals surface area (Å²) < 4.78 is 0. The zero-order chi connectivity index (χ0) is 12.3. The monoisotopic (exact) mass is 232 g/mol. The second kappa shape index (κ2) is 5.32. The van der Waals surface area contributed by atoms with Crippen LogP contribution < -0.4 is 0 Å². The van der Waals surface area contributed by atoms with Gasteiger partial charge in [-0.15, -0.1) is 0 Å². The molecule has 1 amide bonds. The van der Waals surface area contributed by atoms with Crippen molar-refractivity contribution >= 4 is 5.91 Å². The lowest BCUT2D eigenvalue weighted by molar-refractivity contribution is -0.133. The molecule has 0 N–H and O–H groups in total. The van der Waals surface area contributed by atoms with Crippen molar-refractivity contribution in [2.24, 2.45) is 0 Å². The topological polar surface area (TPSA) is 23.6 Å². The molecule has 1 aromatic carbocycles. The molecular weight excluding hydrogens is 212 g/mol. The fraction of sp³-hybridized carbons (Fsp3) is 0.500. The third-order valence-corrected chi connectivity index (χ3v) is 3.49. The molecule has 92 valence electrons. The summed E-state index contributed by atoms with van der Waals surface area (Å²) in [5.74, 6) is 0.263. The Balaban J connectivity index is 2.13. The van der Waals surface area contributed by atoms with Crippen LogP contribution in [-0.4, -0.2) is 42.4 Å². The van der Waals surface area contributed by atoms with Crippen LogP contribution in [0.3, 0.4) is 0 Å². The molecule has 2 rings (SSSR count). The Kier molecular flexibility index (Phi) is 3.79. The van der Waals surface area contributed by atoms with Crippen LogP contribution in [0.25, 0.3) is 0 Å². The maximum atomic E-state index is 11.8. The summed E-state index contributed by atoms with van der Waals surface area (Å²) in [6, 6.07) is 10.8. The normalized spacial score (nSPS) is 21.5. The summed E-state index contributed by atoms with van der Waals surface area (Å²) >= 11 is 0. The summed E-state index contributed by atoms with van der Waals surface area (Å²) in [5.41, 5.74) is 1.30. The van der Waals surface area contributed by atoms with Crippen molar-refractivity contribution in [3.63, 3.8) is 0 Å². The third-order valence-electron chi connectivity index (χ3n) is 3.49. The van der Waals surface area contributed by atoms with E-state index in [4.69, 9.17) is 0 Å². The van der Waals surface area contributed by atoms with Gasteiger partial charge < -0.3 is 4.90 Å². The van der Waals surface area contributed by atoms with Gasteiger partial charge in [0.05, 0.1) is 6.04 Å². The van der Waals surface area contributed by atoms with Crippen molar-refractivity contribution in [1.82, 2.24) is 9.80 Å². The third kappa shape index (κ3) is 2.67. The van der Waals surface area contributed by atoms with Crippen LogP contribution in [0.2, 0.25) is 0 Å². The average Bonchev–Trinajstić information content (AvgIpc) is 2.39. The molecule has 0 aromatic heterocycles. The van der Waals surface area contributed by atoms with Crippen LogP contribution in [0.15, 0.2) is 30.3 Å². The van der Waals surface area contributed by atoms with Gasteiger partial charge in [0, 0.05) is 26.1 Å². The first-order chi connectivity index (χ1) is 8.22. The Hall–Kier alpha value is -1.35. The minimum absolute atomic E-state index is 0.263. The van der Waals surface area contributed by atoms with Crippen molar-refractivity contribution in [1.29, 1.82) is 0 Å². The first-order valence-electron chi connectivity index (χ1n) is 6.25. The number of carbonyl (C=O) groups excluding carboxylic acids is 1. The lowest BCUT2D eigenvalue weighted by Gasteiger charge is -2.39. The molecule has 1 heterocycles. The van der Waals surface area contributed by atoms with E-state index in [2.05, 4.69) is 36.2 Å².